The van der Waals surface area contributed by atoms with Crippen LogP contribution in [0.1, 0.15) is 38.7 Å². The molecule has 0 radical (unpaired) electrons. The second-order valence-electron chi connectivity index (χ2n) is 6.53. The molecule has 2 N–H and O–H groups in total. The molecule has 1 aliphatic rings. The highest BCUT2D eigenvalue weighted by Crippen LogP contribution is 2.43. The van der Waals surface area contributed by atoms with Gasteiger partial charge in [-0.15, -0.1) is 22.7 Å². The fourth-order valence-electron chi connectivity index (χ4n) is 3.29. The largest absolute Gasteiger partial charge is 0.410 e. The van der Waals surface area contributed by atoms with Crippen LogP contribution in [0.2, 0.25) is 0 Å². The molecule has 4 heterocycles. The Bertz CT molecular complexity index is 970. The SMILES string of the molecule is Bc1c(C(=O)NCc2cccs2)nn2c1N[C@H](c1cccs1)C[C@@H]2C(F)(F)F. The van der Waals surface area contributed by atoms with Crippen molar-refractivity contribution in [1.29, 1.82) is 0 Å². The normalized spacial score (nSPS) is 19.1. The van der Waals surface area contributed by atoms with Gasteiger partial charge in [-0.05, 0) is 28.4 Å². The summed E-state index contributed by atoms with van der Waals surface area (Å²) in [5, 5.41) is 13.7. The maximum Gasteiger partial charge on any atom is 0.410 e. The number of hydrogen-bond donors (Lipinski definition) is 2. The molecule has 1 aliphatic heterocycles. The molecule has 0 aliphatic carbocycles. The Balaban J connectivity index is 1.65. The van der Waals surface area contributed by atoms with Gasteiger partial charge >= 0.3 is 6.18 Å². The molecular weight excluding hydrogens is 408 g/mol. The van der Waals surface area contributed by atoms with Gasteiger partial charge in [-0.25, -0.2) is 4.68 Å². The lowest BCUT2D eigenvalue weighted by atomic mass is 9.93. The number of hydrogen-bond acceptors (Lipinski definition) is 5. The maximum atomic E-state index is 13.7. The first-order valence-electron chi connectivity index (χ1n) is 8.61. The first-order valence-corrected chi connectivity index (χ1v) is 10.4. The van der Waals surface area contributed by atoms with E-state index in [1.807, 2.05) is 35.0 Å². The fraction of sp³-hybridized carbons (Fsp3) is 0.294. The van der Waals surface area contributed by atoms with Gasteiger partial charge in [0.2, 0.25) is 0 Å². The van der Waals surface area contributed by atoms with Crippen molar-refractivity contribution in [3.63, 3.8) is 0 Å². The predicted octanol–water partition coefficient (Wildman–Crippen LogP) is 2.85. The van der Waals surface area contributed by atoms with Crippen LogP contribution >= 0.6 is 22.7 Å². The zero-order valence-electron chi connectivity index (χ0n) is 14.8. The van der Waals surface area contributed by atoms with Crippen LogP contribution in [0.25, 0.3) is 0 Å². The Hall–Kier alpha value is -2.27. The summed E-state index contributed by atoms with van der Waals surface area (Å²) >= 11 is 2.90. The van der Waals surface area contributed by atoms with Crippen molar-refractivity contribution < 1.29 is 18.0 Å². The molecule has 0 aromatic carbocycles. The third kappa shape index (κ3) is 3.56. The van der Waals surface area contributed by atoms with Crippen molar-refractivity contribution in [1.82, 2.24) is 15.1 Å². The van der Waals surface area contributed by atoms with E-state index in [1.165, 1.54) is 22.7 Å². The van der Waals surface area contributed by atoms with Crippen LogP contribution in [0.3, 0.4) is 0 Å². The number of fused-ring (bicyclic) bond motifs is 1. The van der Waals surface area contributed by atoms with Crippen LogP contribution < -0.4 is 16.1 Å². The smallest absolute Gasteiger partial charge is 0.363 e. The van der Waals surface area contributed by atoms with Gasteiger partial charge in [-0.3, -0.25) is 4.79 Å². The molecule has 5 nitrogen and oxygen atoms in total. The third-order valence-electron chi connectivity index (χ3n) is 4.70. The van der Waals surface area contributed by atoms with E-state index in [-0.39, 0.29) is 17.9 Å². The van der Waals surface area contributed by atoms with E-state index in [0.717, 1.165) is 14.4 Å². The molecule has 1 amide bonds. The van der Waals surface area contributed by atoms with Crippen LogP contribution in [0.4, 0.5) is 19.0 Å². The zero-order chi connectivity index (χ0) is 19.9. The first-order chi connectivity index (χ1) is 13.3. The lowest BCUT2D eigenvalue weighted by Crippen LogP contribution is -2.36. The summed E-state index contributed by atoms with van der Waals surface area (Å²) in [6, 6.07) is 5.11. The van der Waals surface area contributed by atoms with Crippen molar-refractivity contribution in [2.45, 2.75) is 31.2 Å². The summed E-state index contributed by atoms with van der Waals surface area (Å²) in [5.41, 5.74) is 0.430. The average molecular weight is 424 g/mol. The number of nitrogens with zero attached hydrogens (tertiary/aromatic N) is 2. The summed E-state index contributed by atoms with van der Waals surface area (Å²) in [5.74, 6) is -0.239. The minimum Gasteiger partial charge on any atom is -0.363 e. The van der Waals surface area contributed by atoms with Gasteiger partial charge in [-0.2, -0.15) is 18.3 Å². The van der Waals surface area contributed by atoms with E-state index in [0.29, 0.717) is 12.0 Å². The van der Waals surface area contributed by atoms with Gasteiger partial charge < -0.3 is 10.6 Å². The molecule has 3 aromatic heterocycles. The number of amides is 1. The van der Waals surface area contributed by atoms with Gasteiger partial charge in [0.1, 0.15) is 19.4 Å². The summed E-state index contributed by atoms with van der Waals surface area (Å²) in [6.07, 6.45) is -4.63. The lowest BCUT2D eigenvalue weighted by Gasteiger charge is -2.33. The van der Waals surface area contributed by atoms with Gasteiger partial charge in [0, 0.05) is 16.2 Å². The highest BCUT2D eigenvalue weighted by Gasteiger charge is 2.47. The lowest BCUT2D eigenvalue weighted by molar-refractivity contribution is -0.173. The number of nitrogens with one attached hydrogen (secondary N) is 2. The van der Waals surface area contributed by atoms with E-state index >= 15 is 0 Å². The van der Waals surface area contributed by atoms with Crippen molar-refractivity contribution in [2.24, 2.45) is 0 Å². The molecule has 0 saturated heterocycles. The molecule has 0 saturated carbocycles. The number of aromatic nitrogens is 2. The van der Waals surface area contributed by atoms with E-state index in [2.05, 4.69) is 15.7 Å². The van der Waals surface area contributed by atoms with Crippen LogP contribution in [-0.2, 0) is 6.54 Å². The number of carbonyl (C=O) groups excluding carboxylic acids is 1. The van der Waals surface area contributed by atoms with Gasteiger partial charge in [0.05, 0.1) is 12.6 Å². The number of halogens is 3. The van der Waals surface area contributed by atoms with E-state index in [1.54, 1.807) is 7.85 Å². The first kappa shape index (κ1) is 19.1. The Morgan fingerprint density at radius 2 is 2.07 bits per heavy atom. The predicted molar refractivity (Wildman–Crippen MR) is 106 cm³/mol. The summed E-state index contributed by atoms with van der Waals surface area (Å²) in [6.45, 7) is 0.312. The van der Waals surface area contributed by atoms with Crippen molar-refractivity contribution in [3.05, 3.63) is 50.5 Å². The molecular formula is C17H16BF3N4OS2. The van der Waals surface area contributed by atoms with Crippen LogP contribution in [0.15, 0.2) is 35.0 Å². The van der Waals surface area contributed by atoms with Gasteiger partial charge in [0.25, 0.3) is 5.91 Å². The van der Waals surface area contributed by atoms with Crippen LogP contribution in [-0.4, -0.2) is 29.7 Å². The number of thiophene rings is 2. The second kappa shape index (κ2) is 7.29. The molecule has 0 fully saturated rings. The highest BCUT2D eigenvalue weighted by atomic mass is 32.1. The van der Waals surface area contributed by atoms with Crippen molar-refractivity contribution in [3.8, 4) is 0 Å². The molecule has 2 atom stereocenters. The Morgan fingerprint density at radius 1 is 1.32 bits per heavy atom. The molecule has 0 unspecified atom stereocenters. The molecule has 4 rings (SSSR count). The molecule has 146 valence electrons. The zero-order valence-corrected chi connectivity index (χ0v) is 16.4. The highest BCUT2D eigenvalue weighted by molar-refractivity contribution is 7.10. The fourth-order valence-corrected chi connectivity index (χ4v) is 4.73. The van der Waals surface area contributed by atoms with Crippen molar-refractivity contribution in [2.75, 3.05) is 5.32 Å². The number of anilines is 1. The third-order valence-corrected chi connectivity index (χ3v) is 6.56. The summed E-state index contributed by atoms with van der Waals surface area (Å²) in [7, 11) is 1.62. The number of rotatable bonds is 4. The quantitative estimate of drug-likeness (QED) is 0.634. The summed E-state index contributed by atoms with van der Waals surface area (Å²) < 4.78 is 42.1. The standard InChI is InChI=1S/C17H16BF3N4OS2/c18-13-14(16(26)22-8-9-3-1-5-27-9)24-25-12(17(19,20)21)7-10(23-15(13)25)11-4-2-6-28-11/h1-6,10,12,23H,7-8,18H2,(H,22,26)/t10-,12+/m0/s1. The maximum absolute atomic E-state index is 13.7. The monoisotopic (exact) mass is 424 g/mol. The summed E-state index contributed by atoms with van der Waals surface area (Å²) in [4.78, 5) is 14.3. The minimum absolute atomic E-state index is 0.0140. The van der Waals surface area contributed by atoms with Gasteiger partial charge in [-0.1, -0.05) is 12.1 Å². The van der Waals surface area contributed by atoms with E-state index in [9.17, 15) is 18.0 Å². The number of alkyl halides is 3. The minimum atomic E-state index is -4.46. The van der Waals surface area contributed by atoms with E-state index in [4.69, 9.17) is 0 Å². The Morgan fingerprint density at radius 3 is 2.71 bits per heavy atom. The Kier molecular flexibility index (Phi) is 4.96. The molecule has 3 aromatic rings. The topological polar surface area (TPSA) is 59.0 Å². The molecule has 11 heteroatoms. The van der Waals surface area contributed by atoms with Crippen molar-refractivity contribution >= 4 is 47.7 Å². The second-order valence-corrected chi connectivity index (χ2v) is 8.55. The molecule has 0 spiro atoms. The molecule has 28 heavy (non-hydrogen) atoms. The van der Waals surface area contributed by atoms with Crippen LogP contribution in [0.5, 0.6) is 0 Å². The van der Waals surface area contributed by atoms with Gasteiger partial charge in [0.15, 0.2) is 6.04 Å². The average Bonchev–Trinajstić information content (AvgIpc) is 3.40. The van der Waals surface area contributed by atoms with Crippen LogP contribution in [0, 0.1) is 0 Å². The number of carbonyl (C=O) groups is 1. The van der Waals surface area contributed by atoms with E-state index < -0.39 is 24.2 Å². The Labute approximate surface area is 168 Å². The molecule has 0 bridgehead atoms.